The highest BCUT2D eigenvalue weighted by molar-refractivity contribution is 5.89. The van der Waals surface area contributed by atoms with E-state index in [2.05, 4.69) is 13.0 Å². The lowest BCUT2D eigenvalue weighted by atomic mass is 9.92. The lowest BCUT2D eigenvalue weighted by Gasteiger charge is -2.34. The number of rotatable bonds is 12. The van der Waals surface area contributed by atoms with Gasteiger partial charge in [0.1, 0.15) is 0 Å². The summed E-state index contributed by atoms with van der Waals surface area (Å²) in [5.41, 5.74) is 4.58. The third-order valence-corrected chi connectivity index (χ3v) is 6.53. The van der Waals surface area contributed by atoms with Gasteiger partial charge in [-0.15, -0.1) is 0 Å². The number of nitriles is 1. The molecular weight excluding hydrogens is 444 g/mol. The standard InChI is InChI=1S/C32H36N2O2/c1-4-5-15-31(36)34(32(24(2)3)30(35)21-18-25-11-7-6-8-12-25)23-26-16-19-27(20-17-26)29-14-10-9-13-28(29)22-33/h6-14,16-17,19-20,24,32H,4-5,15,18,21,23H2,1-3H3/t32-/m0/s1. The summed E-state index contributed by atoms with van der Waals surface area (Å²) in [4.78, 5) is 28.6. The fraction of sp³-hybridized carbons (Fsp3) is 0.344. The molecule has 4 nitrogen and oxygen atoms in total. The normalized spacial score (nSPS) is 11.6. The molecule has 0 aliphatic heterocycles. The van der Waals surface area contributed by atoms with Crippen molar-refractivity contribution in [2.45, 2.75) is 65.5 Å². The second-order valence-corrected chi connectivity index (χ2v) is 9.62. The molecule has 0 fully saturated rings. The third-order valence-electron chi connectivity index (χ3n) is 6.53. The zero-order chi connectivity index (χ0) is 25.9. The van der Waals surface area contributed by atoms with Crippen LogP contribution >= 0.6 is 0 Å². The van der Waals surface area contributed by atoms with Gasteiger partial charge in [-0.25, -0.2) is 0 Å². The number of hydrogen-bond donors (Lipinski definition) is 0. The molecule has 0 saturated carbocycles. The van der Waals surface area contributed by atoms with E-state index >= 15 is 0 Å². The Morgan fingerprint density at radius 2 is 1.53 bits per heavy atom. The van der Waals surface area contributed by atoms with Crippen molar-refractivity contribution in [2.24, 2.45) is 5.92 Å². The van der Waals surface area contributed by atoms with Crippen molar-refractivity contribution in [1.82, 2.24) is 4.90 Å². The fourth-order valence-electron chi connectivity index (χ4n) is 4.60. The van der Waals surface area contributed by atoms with Gasteiger partial charge in [-0.1, -0.05) is 100.0 Å². The molecule has 0 unspecified atom stereocenters. The molecule has 3 aromatic carbocycles. The Bertz CT molecular complexity index is 1180. The van der Waals surface area contributed by atoms with Crippen LogP contribution in [0.5, 0.6) is 0 Å². The Balaban J connectivity index is 1.83. The number of benzene rings is 3. The number of carbonyl (C=O) groups is 2. The van der Waals surface area contributed by atoms with Gasteiger partial charge in [0.25, 0.3) is 0 Å². The molecule has 0 N–H and O–H groups in total. The highest BCUT2D eigenvalue weighted by Crippen LogP contribution is 2.25. The molecule has 0 aliphatic carbocycles. The summed E-state index contributed by atoms with van der Waals surface area (Å²) in [5, 5.41) is 9.44. The maximum absolute atomic E-state index is 13.5. The van der Waals surface area contributed by atoms with Gasteiger partial charge < -0.3 is 4.90 Å². The van der Waals surface area contributed by atoms with Crippen LogP contribution < -0.4 is 0 Å². The molecule has 0 spiro atoms. The summed E-state index contributed by atoms with van der Waals surface area (Å²) in [6.07, 6.45) is 3.27. The maximum Gasteiger partial charge on any atom is 0.223 e. The van der Waals surface area contributed by atoms with Crippen molar-refractivity contribution in [2.75, 3.05) is 0 Å². The van der Waals surface area contributed by atoms with Gasteiger partial charge in [0.15, 0.2) is 5.78 Å². The fourth-order valence-corrected chi connectivity index (χ4v) is 4.60. The second-order valence-electron chi connectivity index (χ2n) is 9.62. The molecule has 0 heterocycles. The van der Waals surface area contributed by atoms with Crippen LogP contribution in [0, 0.1) is 17.2 Å². The number of aryl methyl sites for hydroxylation is 1. The first-order chi connectivity index (χ1) is 17.4. The molecular formula is C32H36N2O2. The summed E-state index contributed by atoms with van der Waals surface area (Å²) < 4.78 is 0. The minimum absolute atomic E-state index is 0.0145. The van der Waals surface area contributed by atoms with Crippen molar-refractivity contribution in [1.29, 1.82) is 5.26 Å². The quantitative estimate of drug-likeness (QED) is 0.281. The first-order valence-corrected chi connectivity index (χ1v) is 12.9. The molecule has 186 valence electrons. The summed E-state index contributed by atoms with van der Waals surface area (Å²) >= 11 is 0. The predicted octanol–water partition coefficient (Wildman–Crippen LogP) is 6.97. The minimum atomic E-state index is -0.461. The van der Waals surface area contributed by atoms with Gasteiger partial charge in [0.2, 0.25) is 5.91 Å². The van der Waals surface area contributed by atoms with Crippen molar-refractivity contribution in [3.63, 3.8) is 0 Å². The first kappa shape index (κ1) is 26.9. The number of hydrogen-bond acceptors (Lipinski definition) is 3. The van der Waals surface area contributed by atoms with Crippen LogP contribution in [-0.2, 0) is 22.6 Å². The van der Waals surface area contributed by atoms with E-state index in [4.69, 9.17) is 0 Å². The molecule has 0 aromatic heterocycles. The largest absolute Gasteiger partial charge is 0.328 e. The summed E-state index contributed by atoms with van der Waals surface area (Å²) in [6.45, 7) is 6.50. The van der Waals surface area contributed by atoms with E-state index in [-0.39, 0.29) is 17.6 Å². The number of amides is 1. The van der Waals surface area contributed by atoms with Gasteiger partial charge in [0, 0.05) is 19.4 Å². The lowest BCUT2D eigenvalue weighted by Crippen LogP contribution is -2.47. The van der Waals surface area contributed by atoms with Gasteiger partial charge in [-0.3, -0.25) is 9.59 Å². The average molecular weight is 481 g/mol. The molecule has 0 radical (unpaired) electrons. The van der Waals surface area contributed by atoms with Crippen molar-refractivity contribution in [3.05, 3.63) is 95.6 Å². The highest BCUT2D eigenvalue weighted by Gasteiger charge is 2.31. The monoisotopic (exact) mass is 480 g/mol. The van der Waals surface area contributed by atoms with Crippen molar-refractivity contribution < 1.29 is 9.59 Å². The topological polar surface area (TPSA) is 61.2 Å². The molecule has 0 aliphatic rings. The van der Waals surface area contributed by atoms with Crippen LogP contribution in [0.25, 0.3) is 11.1 Å². The van der Waals surface area contributed by atoms with Crippen LogP contribution in [0.3, 0.4) is 0 Å². The SMILES string of the molecule is CCCCC(=O)N(Cc1ccc(-c2ccccc2C#N)cc1)[C@H](C(=O)CCc1ccccc1)C(C)C. The molecule has 3 aromatic rings. The predicted molar refractivity (Wildman–Crippen MR) is 145 cm³/mol. The van der Waals surface area contributed by atoms with Crippen molar-refractivity contribution >= 4 is 11.7 Å². The maximum atomic E-state index is 13.5. The molecule has 36 heavy (non-hydrogen) atoms. The zero-order valence-corrected chi connectivity index (χ0v) is 21.6. The highest BCUT2D eigenvalue weighted by atomic mass is 16.2. The third kappa shape index (κ3) is 7.15. The van der Waals surface area contributed by atoms with Crippen molar-refractivity contribution in [3.8, 4) is 17.2 Å². The second kappa shape index (κ2) is 13.4. The molecule has 1 amide bonds. The van der Waals surface area contributed by atoms with Gasteiger partial charge in [0.05, 0.1) is 17.7 Å². The number of nitrogens with zero attached hydrogens (tertiary/aromatic N) is 2. The van der Waals surface area contributed by atoms with E-state index in [1.807, 2.05) is 92.7 Å². The van der Waals surface area contributed by atoms with Crippen LogP contribution in [0.4, 0.5) is 0 Å². The van der Waals surface area contributed by atoms with Crippen LogP contribution in [0.2, 0.25) is 0 Å². The van der Waals surface area contributed by atoms with Gasteiger partial charge in [-0.2, -0.15) is 5.26 Å². The molecule has 4 heteroatoms. The molecule has 0 saturated heterocycles. The number of ketones is 1. The Labute approximate surface area is 215 Å². The average Bonchev–Trinajstić information content (AvgIpc) is 2.91. The van der Waals surface area contributed by atoms with Crippen LogP contribution in [0.1, 0.15) is 63.1 Å². The first-order valence-electron chi connectivity index (χ1n) is 12.9. The number of unbranched alkanes of at least 4 members (excludes halogenated alkanes) is 1. The summed E-state index contributed by atoms with van der Waals surface area (Å²) in [5.74, 6) is 0.154. The van der Waals surface area contributed by atoms with E-state index in [9.17, 15) is 14.9 Å². The van der Waals surface area contributed by atoms with Crippen LogP contribution in [-0.4, -0.2) is 22.6 Å². The summed E-state index contributed by atoms with van der Waals surface area (Å²) in [6, 6.07) is 27.3. The van der Waals surface area contributed by atoms with E-state index < -0.39 is 6.04 Å². The van der Waals surface area contributed by atoms with E-state index in [1.54, 1.807) is 4.90 Å². The number of carbonyl (C=O) groups excluding carboxylic acids is 2. The van der Waals surface area contributed by atoms with Gasteiger partial charge >= 0.3 is 0 Å². The van der Waals surface area contributed by atoms with E-state index in [1.165, 1.54) is 0 Å². The Morgan fingerprint density at radius 1 is 0.861 bits per heavy atom. The molecule has 3 rings (SSSR count). The zero-order valence-electron chi connectivity index (χ0n) is 21.6. The Morgan fingerprint density at radius 3 is 2.17 bits per heavy atom. The molecule has 1 atom stereocenters. The summed E-state index contributed by atoms with van der Waals surface area (Å²) in [7, 11) is 0. The van der Waals surface area contributed by atoms with E-state index in [0.717, 1.165) is 35.1 Å². The minimum Gasteiger partial charge on any atom is -0.328 e. The Kier molecular flexibility index (Phi) is 10.0. The number of Topliss-reactive ketones (excluding diaryl/α,β-unsaturated/α-hetero) is 1. The lowest BCUT2D eigenvalue weighted by molar-refractivity contribution is -0.142. The smallest absolute Gasteiger partial charge is 0.223 e. The molecule has 0 bridgehead atoms. The van der Waals surface area contributed by atoms with Crippen LogP contribution in [0.15, 0.2) is 78.9 Å². The van der Waals surface area contributed by atoms with Gasteiger partial charge in [-0.05, 0) is 47.1 Å². The van der Waals surface area contributed by atoms with E-state index in [0.29, 0.717) is 31.4 Å². The Hall–Kier alpha value is -3.71.